The average Bonchev–Trinajstić information content (AvgIpc) is 2.41. The molecule has 0 heterocycles. The van der Waals surface area contributed by atoms with Crippen molar-refractivity contribution in [2.75, 3.05) is 6.54 Å². The molecule has 0 aromatic heterocycles. The Kier molecular flexibility index (Phi) is 10.9. The van der Waals surface area contributed by atoms with Crippen LogP contribution in [0.1, 0.15) is 65.7 Å². The maximum atomic E-state index is 11.9. The van der Waals surface area contributed by atoms with Crippen molar-refractivity contribution in [1.29, 1.82) is 0 Å². The number of carboxylic acid groups (broad SMARTS) is 1. The summed E-state index contributed by atoms with van der Waals surface area (Å²) in [5.41, 5.74) is 5.69. The van der Waals surface area contributed by atoms with Gasteiger partial charge in [-0.15, -0.1) is 0 Å². The first-order valence-electron chi connectivity index (χ1n) is 8.11. The second-order valence-electron chi connectivity index (χ2n) is 6.10. The number of amides is 1. The van der Waals surface area contributed by atoms with E-state index in [9.17, 15) is 9.59 Å². The Morgan fingerprint density at radius 1 is 1.14 bits per heavy atom. The molecule has 1 amide bonds. The van der Waals surface area contributed by atoms with E-state index in [1.165, 1.54) is 0 Å². The highest BCUT2D eigenvalue weighted by molar-refractivity contribution is 5.78. The molecule has 124 valence electrons. The number of aliphatic carboxylic acids is 1. The number of nitrogens with two attached hydrogens (primary N) is 1. The lowest BCUT2D eigenvalue weighted by atomic mass is 9.96. The number of hydrogen-bond acceptors (Lipinski definition) is 3. The molecule has 0 spiro atoms. The van der Waals surface area contributed by atoms with Crippen molar-refractivity contribution in [2.45, 2.75) is 71.8 Å². The Hall–Kier alpha value is -1.10. The van der Waals surface area contributed by atoms with Crippen LogP contribution >= 0.6 is 0 Å². The smallest absolute Gasteiger partial charge is 0.303 e. The number of carboxylic acids is 1. The maximum Gasteiger partial charge on any atom is 0.303 e. The van der Waals surface area contributed by atoms with Gasteiger partial charge in [0.05, 0.1) is 0 Å². The molecule has 0 aliphatic carbocycles. The van der Waals surface area contributed by atoms with Gasteiger partial charge >= 0.3 is 5.97 Å². The third kappa shape index (κ3) is 11.3. The van der Waals surface area contributed by atoms with Gasteiger partial charge in [-0.05, 0) is 38.5 Å². The summed E-state index contributed by atoms with van der Waals surface area (Å²) >= 11 is 0. The second kappa shape index (κ2) is 11.5. The first-order chi connectivity index (χ1) is 9.86. The predicted octanol–water partition coefficient (Wildman–Crippen LogP) is 2.54. The Balaban J connectivity index is 3.82. The van der Waals surface area contributed by atoms with Gasteiger partial charge in [0.2, 0.25) is 5.91 Å². The zero-order valence-electron chi connectivity index (χ0n) is 13.7. The van der Waals surface area contributed by atoms with Crippen LogP contribution in [0.4, 0.5) is 0 Å². The van der Waals surface area contributed by atoms with Gasteiger partial charge in [-0.1, -0.05) is 26.7 Å². The van der Waals surface area contributed by atoms with Crippen molar-refractivity contribution >= 4 is 11.9 Å². The first kappa shape index (κ1) is 19.9. The molecule has 0 saturated heterocycles. The predicted molar refractivity (Wildman–Crippen MR) is 84.9 cm³/mol. The number of carbonyl (C=O) groups is 2. The van der Waals surface area contributed by atoms with Crippen molar-refractivity contribution in [3.63, 3.8) is 0 Å². The van der Waals surface area contributed by atoms with Crippen LogP contribution in [0.25, 0.3) is 0 Å². The SMILES string of the molecule is CCC(CCNC(=O)C(C)CCCC(C)N)CCC(=O)O. The summed E-state index contributed by atoms with van der Waals surface area (Å²) < 4.78 is 0. The summed E-state index contributed by atoms with van der Waals surface area (Å²) in [7, 11) is 0. The van der Waals surface area contributed by atoms with E-state index in [0.717, 1.165) is 32.1 Å². The monoisotopic (exact) mass is 300 g/mol. The van der Waals surface area contributed by atoms with Gasteiger partial charge in [-0.2, -0.15) is 0 Å². The molecule has 0 bridgehead atoms. The van der Waals surface area contributed by atoms with Crippen molar-refractivity contribution < 1.29 is 14.7 Å². The topological polar surface area (TPSA) is 92.4 Å². The van der Waals surface area contributed by atoms with E-state index in [4.69, 9.17) is 10.8 Å². The lowest BCUT2D eigenvalue weighted by molar-refractivity contribution is -0.137. The minimum absolute atomic E-state index is 0.0165. The maximum absolute atomic E-state index is 11.9. The Morgan fingerprint density at radius 2 is 1.81 bits per heavy atom. The summed E-state index contributed by atoms with van der Waals surface area (Å²) in [6.07, 6.45) is 5.48. The van der Waals surface area contributed by atoms with E-state index in [1.807, 2.05) is 13.8 Å². The van der Waals surface area contributed by atoms with E-state index in [-0.39, 0.29) is 24.3 Å². The number of rotatable bonds is 12. The van der Waals surface area contributed by atoms with Gasteiger partial charge in [0, 0.05) is 24.9 Å². The molecular formula is C16H32N2O3. The van der Waals surface area contributed by atoms with E-state index >= 15 is 0 Å². The number of nitrogens with one attached hydrogen (secondary N) is 1. The van der Waals surface area contributed by atoms with Gasteiger partial charge in [0.15, 0.2) is 0 Å². The number of carbonyl (C=O) groups excluding carboxylic acids is 1. The third-order valence-electron chi connectivity index (χ3n) is 3.94. The van der Waals surface area contributed by atoms with Crippen molar-refractivity contribution in [2.24, 2.45) is 17.6 Å². The highest BCUT2D eigenvalue weighted by atomic mass is 16.4. The highest BCUT2D eigenvalue weighted by Gasteiger charge is 2.14. The normalized spacial score (nSPS) is 15.2. The average molecular weight is 300 g/mol. The van der Waals surface area contributed by atoms with Crippen molar-refractivity contribution in [3.05, 3.63) is 0 Å². The van der Waals surface area contributed by atoms with Gasteiger partial charge in [-0.25, -0.2) is 0 Å². The summed E-state index contributed by atoms with van der Waals surface area (Å²) in [6, 6.07) is 0.194. The van der Waals surface area contributed by atoms with E-state index in [0.29, 0.717) is 18.9 Å². The van der Waals surface area contributed by atoms with Crippen LogP contribution in [-0.2, 0) is 9.59 Å². The molecule has 0 fully saturated rings. The Bertz CT molecular complexity index is 306. The molecular weight excluding hydrogens is 268 g/mol. The van der Waals surface area contributed by atoms with Gasteiger partial charge in [-0.3, -0.25) is 9.59 Å². The van der Waals surface area contributed by atoms with Crippen LogP contribution in [-0.4, -0.2) is 29.6 Å². The summed E-state index contributed by atoms with van der Waals surface area (Å²) in [5.74, 6) is -0.273. The molecule has 4 N–H and O–H groups in total. The molecule has 21 heavy (non-hydrogen) atoms. The van der Waals surface area contributed by atoms with Crippen LogP contribution in [0, 0.1) is 11.8 Å². The molecule has 3 unspecified atom stereocenters. The Morgan fingerprint density at radius 3 is 2.33 bits per heavy atom. The van der Waals surface area contributed by atoms with Gasteiger partial charge in [0.25, 0.3) is 0 Å². The molecule has 0 aliphatic rings. The molecule has 0 aromatic rings. The summed E-state index contributed by atoms with van der Waals surface area (Å²) in [6.45, 7) is 6.62. The first-order valence-corrected chi connectivity index (χ1v) is 8.11. The zero-order valence-corrected chi connectivity index (χ0v) is 13.7. The third-order valence-corrected chi connectivity index (χ3v) is 3.94. The Labute approximate surface area is 128 Å². The van der Waals surface area contributed by atoms with Crippen LogP contribution in [0.2, 0.25) is 0 Å². The molecule has 3 atom stereocenters. The lowest BCUT2D eigenvalue weighted by Crippen LogP contribution is -2.31. The lowest BCUT2D eigenvalue weighted by Gasteiger charge is -2.16. The second-order valence-corrected chi connectivity index (χ2v) is 6.10. The van der Waals surface area contributed by atoms with Crippen molar-refractivity contribution in [1.82, 2.24) is 5.32 Å². The molecule has 0 aliphatic heterocycles. The highest BCUT2D eigenvalue weighted by Crippen LogP contribution is 2.15. The molecule has 5 heteroatoms. The largest absolute Gasteiger partial charge is 0.481 e. The molecule has 0 saturated carbocycles. The fourth-order valence-corrected chi connectivity index (χ4v) is 2.33. The molecule has 0 aromatic carbocycles. The van der Waals surface area contributed by atoms with E-state index < -0.39 is 5.97 Å². The van der Waals surface area contributed by atoms with Gasteiger partial charge < -0.3 is 16.2 Å². The number of hydrogen-bond donors (Lipinski definition) is 3. The van der Waals surface area contributed by atoms with E-state index in [2.05, 4.69) is 12.2 Å². The molecule has 0 rings (SSSR count). The molecule has 0 radical (unpaired) electrons. The zero-order chi connectivity index (χ0) is 16.3. The van der Waals surface area contributed by atoms with Crippen LogP contribution < -0.4 is 11.1 Å². The summed E-state index contributed by atoms with van der Waals surface area (Å²) in [5, 5.41) is 11.6. The minimum Gasteiger partial charge on any atom is -0.481 e. The standard InChI is InChI=1S/C16H32N2O3/c1-4-14(8-9-15(19)20)10-11-18-16(21)12(2)6-5-7-13(3)17/h12-14H,4-11,17H2,1-3H3,(H,18,21)(H,19,20). The molecule has 5 nitrogen and oxygen atoms in total. The van der Waals surface area contributed by atoms with Crippen LogP contribution in [0.15, 0.2) is 0 Å². The van der Waals surface area contributed by atoms with Crippen molar-refractivity contribution in [3.8, 4) is 0 Å². The van der Waals surface area contributed by atoms with Crippen LogP contribution in [0.5, 0.6) is 0 Å². The fraction of sp³-hybridized carbons (Fsp3) is 0.875. The fourth-order valence-electron chi connectivity index (χ4n) is 2.33. The quantitative estimate of drug-likeness (QED) is 0.516. The summed E-state index contributed by atoms with van der Waals surface area (Å²) in [4.78, 5) is 22.5. The van der Waals surface area contributed by atoms with Gasteiger partial charge in [0.1, 0.15) is 0 Å². The minimum atomic E-state index is -0.750. The van der Waals surface area contributed by atoms with Crippen LogP contribution in [0.3, 0.4) is 0 Å². The van der Waals surface area contributed by atoms with E-state index in [1.54, 1.807) is 0 Å².